The van der Waals surface area contributed by atoms with Crippen LogP contribution in [0.25, 0.3) is 16.6 Å². The molecule has 0 fully saturated rings. The van der Waals surface area contributed by atoms with Crippen LogP contribution in [0.2, 0.25) is 0 Å². The van der Waals surface area contributed by atoms with Gasteiger partial charge in [-0.3, -0.25) is 9.48 Å². The van der Waals surface area contributed by atoms with Crippen molar-refractivity contribution in [3.05, 3.63) is 36.4 Å². The van der Waals surface area contributed by atoms with Gasteiger partial charge in [0.2, 0.25) is 0 Å². The lowest BCUT2D eigenvalue weighted by Gasteiger charge is -2.04. The van der Waals surface area contributed by atoms with E-state index >= 15 is 0 Å². The van der Waals surface area contributed by atoms with Gasteiger partial charge in [0.1, 0.15) is 11.3 Å². The van der Waals surface area contributed by atoms with Gasteiger partial charge in [-0.05, 0) is 6.07 Å². The van der Waals surface area contributed by atoms with Gasteiger partial charge >= 0.3 is 0 Å². The first kappa shape index (κ1) is 12.2. The van der Waals surface area contributed by atoms with Crippen LogP contribution < -0.4 is 5.32 Å². The van der Waals surface area contributed by atoms with Crippen molar-refractivity contribution in [1.29, 1.82) is 0 Å². The summed E-state index contributed by atoms with van der Waals surface area (Å²) < 4.78 is 3.16. The van der Waals surface area contributed by atoms with Crippen LogP contribution in [0.5, 0.6) is 5.75 Å². The second kappa shape index (κ2) is 4.37. The monoisotopic (exact) mass is 271 g/mol. The van der Waals surface area contributed by atoms with Crippen molar-refractivity contribution in [3.63, 3.8) is 0 Å². The van der Waals surface area contributed by atoms with E-state index in [1.165, 1.54) is 17.8 Å². The molecular weight excluding hydrogens is 258 g/mol. The van der Waals surface area contributed by atoms with Crippen LogP contribution in [0.1, 0.15) is 10.4 Å². The van der Waals surface area contributed by atoms with Crippen molar-refractivity contribution in [3.8, 4) is 16.9 Å². The normalized spacial score (nSPS) is 10.9. The summed E-state index contributed by atoms with van der Waals surface area (Å²) in [6, 6.07) is 1.60. The summed E-state index contributed by atoms with van der Waals surface area (Å²) >= 11 is 0. The minimum atomic E-state index is -0.288. The van der Waals surface area contributed by atoms with Gasteiger partial charge in [-0.2, -0.15) is 10.2 Å². The fourth-order valence-electron chi connectivity index (χ4n) is 2.13. The van der Waals surface area contributed by atoms with Crippen LogP contribution in [0.15, 0.2) is 30.9 Å². The number of fused-ring (bicyclic) bond motifs is 1. The fourth-order valence-corrected chi connectivity index (χ4v) is 2.13. The molecule has 3 aromatic rings. The number of aromatic hydroxyl groups is 1. The van der Waals surface area contributed by atoms with Crippen LogP contribution in [-0.4, -0.2) is 37.5 Å². The maximum absolute atomic E-state index is 11.7. The van der Waals surface area contributed by atoms with Crippen LogP contribution in [0.4, 0.5) is 0 Å². The SMILES string of the molecule is CNC(=O)c1cnn2cc(-c3cnn(C)c3)cc(O)c12. The molecule has 1 amide bonds. The summed E-state index contributed by atoms with van der Waals surface area (Å²) in [4.78, 5) is 11.7. The molecule has 0 aliphatic carbocycles. The third-order valence-corrected chi connectivity index (χ3v) is 3.10. The Bertz CT molecular complexity index is 802. The lowest BCUT2D eigenvalue weighted by atomic mass is 10.1. The smallest absolute Gasteiger partial charge is 0.255 e. The van der Waals surface area contributed by atoms with Gasteiger partial charge in [0, 0.05) is 37.6 Å². The first-order valence-corrected chi connectivity index (χ1v) is 6.01. The van der Waals surface area contributed by atoms with Gasteiger partial charge < -0.3 is 10.4 Å². The molecule has 0 saturated heterocycles. The van der Waals surface area contributed by atoms with Crippen molar-refractivity contribution >= 4 is 11.4 Å². The highest BCUT2D eigenvalue weighted by Crippen LogP contribution is 2.28. The molecule has 7 nitrogen and oxygen atoms in total. The van der Waals surface area contributed by atoms with Gasteiger partial charge in [-0.1, -0.05) is 0 Å². The van der Waals surface area contributed by atoms with Crippen LogP contribution in [0, 0.1) is 0 Å². The molecular formula is C13H13N5O2. The van der Waals surface area contributed by atoms with Crippen molar-refractivity contribution in [2.24, 2.45) is 7.05 Å². The van der Waals surface area contributed by atoms with Gasteiger partial charge in [-0.15, -0.1) is 0 Å². The molecule has 0 aromatic carbocycles. The molecule has 102 valence electrons. The third kappa shape index (κ3) is 1.80. The highest BCUT2D eigenvalue weighted by Gasteiger charge is 2.16. The predicted octanol–water partition coefficient (Wildman–Crippen LogP) is 0.800. The molecule has 7 heteroatoms. The first-order valence-electron chi connectivity index (χ1n) is 6.01. The third-order valence-electron chi connectivity index (χ3n) is 3.10. The molecule has 3 rings (SSSR count). The summed E-state index contributed by atoms with van der Waals surface area (Å²) in [5, 5.41) is 20.9. The second-order valence-corrected chi connectivity index (χ2v) is 4.45. The first-order chi connectivity index (χ1) is 9.60. The summed E-state index contributed by atoms with van der Waals surface area (Å²) in [7, 11) is 3.35. The topological polar surface area (TPSA) is 84.5 Å². The fraction of sp³-hybridized carbons (Fsp3) is 0.154. The van der Waals surface area contributed by atoms with E-state index < -0.39 is 0 Å². The van der Waals surface area contributed by atoms with Crippen LogP contribution >= 0.6 is 0 Å². The highest BCUT2D eigenvalue weighted by atomic mass is 16.3. The van der Waals surface area contributed by atoms with E-state index in [-0.39, 0.29) is 11.7 Å². The van der Waals surface area contributed by atoms with Crippen molar-refractivity contribution < 1.29 is 9.90 Å². The molecule has 0 unspecified atom stereocenters. The number of hydrogen-bond donors (Lipinski definition) is 2. The predicted molar refractivity (Wildman–Crippen MR) is 72.4 cm³/mol. The van der Waals surface area contributed by atoms with E-state index in [1.807, 2.05) is 13.2 Å². The average molecular weight is 271 g/mol. The molecule has 0 aliphatic rings. The molecule has 0 bridgehead atoms. The minimum absolute atomic E-state index is 0.00227. The van der Waals surface area contributed by atoms with E-state index in [2.05, 4.69) is 15.5 Å². The Morgan fingerprint density at radius 3 is 2.70 bits per heavy atom. The summed E-state index contributed by atoms with van der Waals surface area (Å²) in [5.41, 5.74) is 2.36. The van der Waals surface area contributed by atoms with E-state index in [9.17, 15) is 9.90 Å². The maximum atomic E-state index is 11.7. The Hall–Kier alpha value is -2.83. The molecule has 3 heterocycles. The molecule has 0 saturated carbocycles. The standard InChI is InChI=1S/C13H13N5O2/c1-14-13(20)10-5-16-18-7-8(3-11(19)12(10)18)9-4-15-17(2)6-9/h3-7,19H,1-2H3,(H,14,20). The number of pyridine rings is 1. The number of rotatable bonds is 2. The van der Waals surface area contributed by atoms with Crippen LogP contribution in [-0.2, 0) is 7.05 Å². The molecule has 20 heavy (non-hydrogen) atoms. The minimum Gasteiger partial charge on any atom is -0.506 e. The molecule has 3 aromatic heterocycles. The quantitative estimate of drug-likeness (QED) is 0.722. The zero-order valence-corrected chi connectivity index (χ0v) is 11.0. The Morgan fingerprint density at radius 2 is 2.05 bits per heavy atom. The zero-order chi connectivity index (χ0) is 14.3. The van der Waals surface area contributed by atoms with Gasteiger partial charge in [-0.25, -0.2) is 4.52 Å². The van der Waals surface area contributed by atoms with Crippen molar-refractivity contribution in [2.45, 2.75) is 0 Å². The summed E-state index contributed by atoms with van der Waals surface area (Å²) in [6.07, 6.45) is 6.72. The summed E-state index contributed by atoms with van der Waals surface area (Å²) in [6.45, 7) is 0. The molecule has 2 N–H and O–H groups in total. The Balaban J connectivity index is 2.19. The van der Waals surface area contributed by atoms with Crippen molar-refractivity contribution in [2.75, 3.05) is 7.05 Å². The number of nitrogens with one attached hydrogen (secondary N) is 1. The van der Waals surface area contributed by atoms with Gasteiger partial charge in [0.25, 0.3) is 5.91 Å². The number of amides is 1. The zero-order valence-electron chi connectivity index (χ0n) is 11.0. The highest BCUT2D eigenvalue weighted by molar-refractivity contribution is 6.02. The lowest BCUT2D eigenvalue weighted by Crippen LogP contribution is -2.17. The Labute approximate surface area is 114 Å². The van der Waals surface area contributed by atoms with E-state index in [0.29, 0.717) is 11.1 Å². The molecule has 0 aliphatic heterocycles. The number of hydrogen-bond acceptors (Lipinski definition) is 4. The van der Waals surface area contributed by atoms with Gasteiger partial charge in [0.05, 0.1) is 18.0 Å². The summed E-state index contributed by atoms with van der Waals surface area (Å²) in [5.74, 6) is -0.285. The largest absolute Gasteiger partial charge is 0.506 e. The Kier molecular flexibility index (Phi) is 2.67. The lowest BCUT2D eigenvalue weighted by molar-refractivity contribution is 0.0964. The molecule has 0 spiro atoms. The number of carbonyl (C=O) groups is 1. The number of nitrogens with zero attached hydrogens (tertiary/aromatic N) is 4. The van der Waals surface area contributed by atoms with E-state index in [4.69, 9.17) is 0 Å². The Morgan fingerprint density at radius 1 is 1.25 bits per heavy atom. The average Bonchev–Trinajstić information content (AvgIpc) is 3.04. The maximum Gasteiger partial charge on any atom is 0.255 e. The molecule has 0 radical (unpaired) electrons. The second-order valence-electron chi connectivity index (χ2n) is 4.45. The van der Waals surface area contributed by atoms with Crippen molar-refractivity contribution in [1.82, 2.24) is 24.7 Å². The van der Waals surface area contributed by atoms with E-state index in [1.54, 1.807) is 23.1 Å². The molecule has 0 atom stereocenters. The number of aromatic nitrogens is 4. The van der Waals surface area contributed by atoms with E-state index in [0.717, 1.165) is 11.1 Å². The van der Waals surface area contributed by atoms with Gasteiger partial charge in [0.15, 0.2) is 0 Å². The number of carbonyl (C=O) groups excluding carboxylic acids is 1. The number of aryl methyl sites for hydroxylation is 1. The van der Waals surface area contributed by atoms with Crippen LogP contribution in [0.3, 0.4) is 0 Å².